The van der Waals surface area contributed by atoms with Gasteiger partial charge in [-0.25, -0.2) is 0 Å². The van der Waals surface area contributed by atoms with E-state index in [0.717, 1.165) is 12.2 Å². The summed E-state index contributed by atoms with van der Waals surface area (Å²) >= 11 is 0. The van der Waals surface area contributed by atoms with Crippen LogP contribution in [0.25, 0.3) is 6.08 Å². The van der Waals surface area contributed by atoms with Crippen LogP contribution in [0.15, 0.2) is 24.4 Å². The van der Waals surface area contributed by atoms with E-state index in [9.17, 15) is 0 Å². The number of rotatable bonds is 3. The summed E-state index contributed by atoms with van der Waals surface area (Å²) in [4.78, 5) is 4.19. The van der Waals surface area contributed by atoms with E-state index in [1.54, 1.807) is 0 Å². The van der Waals surface area contributed by atoms with Crippen molar-refractivity contribution in [2.45, 2.75) is 6.92 Å². The number of nitrogens with one attached hydrogen (secondary N) is 1. The van der Waals surface area contributed by atoms with Crippen LogP contribution in [0, 0.1) is 6.92 Å². The zero-order valence-electron chi connectivity index (χ0n) is 7.54. The Morgan fingerprint density at radius 2 is 2.42 bits per heavy atom. The number of hydrogen-bond donors (Lipinski definition) is 1. The second-order valence-electron chi connectivity index (χ2n) is 2.64. The molecule has 1 N–H and O–H groups in total. The van der Waals surface area contributed by atoms with Crippen LogP contribution in [-0.2, 0) is 0 Å². The van der Waals surface area contributed by atoms with E-state index in [0.29, 0.717) is 0 Å². The third-order valence-corrected chi connectivity index (χ3v) is 1.67. The average Bonchev–Trinajstić information content (AvgIpc) is 2.09. The molecule has 0 radical (unpaired) electrons. The van der Waals surface area contributed by atoms with Crippen molar-refractivity contribution in [2.75, 3.05) is 13.6 Å². The summed E-state index contributed by atoms with van der Waals surface area (Å²) < 4.78 is 0. The molecule has 1 aromatic rings. The second kappa shape index (κ2) is 4.67. The van der Waals surface area contributed by atoms with Gasteiger partial charge in [-0.1, -0.05) is 18.2 Å². The number of aryl methyl sites for hydroxylation is 1. The van der Waals surface area contributed by atoms with Crippen LogP contribution in [0.4, 0.5) is 0 Å². The molecule has 0 saturated heterocycles. The van der Waals surface area contributed by atoms with Gasteiger partial charge in [0.15, 0.2) is 0 Å². The normalized spacial score (nSPS) is 10.8. The maximum Gasteiger partial charge on any atom is 0.0444 e. The van der Waals surface area contributed by atoms with Crippen LogP contribution in [0.1, 0.15) is 11.3 Å². The monoisotopic (exact) mass is 162 g/mol. The van der Waals surface area contributed by atoms with E-state index in [-0.39, 0.29) is 0 Å². The lowest BCUT2D eigenvalue weighted by molar-refractivity contribution is 0.922. The van der Waals surface area contributed by atoms with Gasteiger partial charge in [0.2, 0.25) is 0 Å². The van der Waals surface area contributed by atoms with Crippen molar-refractivity contribution in [2.24, 2.45) is 0 Å². The van der Waals surface area contributed by atoms with E-state index in [1.165, 1.54) is 5.56 Å². The predicted molar refractivity (Wildman–Crippen MR) is 51.9 cm³/mol. The first kappa shape index (κ1) is 8.94. The summed E-state index contributed by atoms with van der Waals surface area (Å²) in [6, 6.07) is 4.01. The highest BCUT2D eigenvalue weighted by Gasteiger charge is 1.90. The maximum atomic E-state index is 4.19. The fourth-order valence-electron chi connectivity index (χ4n) is 0.977. The number of hydrogen-bond acceptors (Lipinski definition) is 2. The lowest BCUT2D eigenvalue weighted by Gasteiger charge is -1.96. The molecule has 1 heterocycles. The molecule has 2 nitrogen and oxygen atoms in total. The SMILES string of the molecule is CNCC=Cc1cccnc1C. The number of nitrogens with zero attached hydrogens (tertiary/aromatic N) is 1. The number of aromatic nitrogens is 1. The Morgan fingerprint density at radius 1 is 1.58 bits per heavy atom. The zero-order chi connectivity index (χ0) is 8.81. The van der Waals surface area contributed by atoms with Gasteiger partial charge in [0, 0.05) is 18.4 Å². The van der Waals surface area contributed by atoms with Crippen LogP contribution < -0.4 is 5.32 Å². The summed E-state index contributed by atoms with van der Waals surface area (Å²) in [7, 11) is 1.93. The second-order valence-corrected chi connectivity index (χ2v) is 2.64. The van der Waals surface area contributed by atoms with Gasteiger partial charge in [0.05, 0.1) is 0 Å². The van der Waals surface area contributed by atoms with Gasteiger partial charge in [-0.05, 0) is 25.6 Å². The molecule has 0 amide bonds. The van der Waals surface area contributed by atoms with Gasteiger partial charge in [-0.15, -0.1) is 0 Å². The quantitative estimate of drug-likeness (QED) is 0.730. The molecule has 0 aliphatic rings. The summed E-state index contributed by atoms with van der Waals surface area (Å²) in [5, 5.41) is 3.05. The molecule has 0 spiro atoms. The first-order chi connectivity index (χ1) is 5.84. The summed E-state index contributed by atoms with van der Waals surface area (Å²) in [5.74, 6) is 0. The minimum atomic E-state index is 0.897. The van der Waals surface area contributed by atoms with Crippen molar-refractivity contribution in [3.8, 4) is 0 Å². The molecule has 0 fully saturated rings. The van der Waals surface area contributed by atoms with Crippen molar-refractivity contribution in [3.63, 3.8) is 0 Å². The van der Waals surface area contributed by atoms with Crippen molar-refractivity contribution >= 4 is 6.08 Å². The van der Waals surface area contributed by atoms with E-state index >= 15 is 0 Å². The summed E-state index contributed by atoms with van der Waals surface area (Å²) in [5.41, 5.74) is 2.26. The molecular formula is C10H14N2. The molecule has 1 aromatic heterocycles. The molecule has 1 rings (SSSR count). The Morgan fingerprint density at radius 3 is 3.08 bits per heavy atom. The molecule has 0 bridgehead atoms. The Labute approximate surface area is 73.3 Å². The summed E-state index contributed by atoms with van der Waals surface area (Å²) in [6.45, 7) is 2.91. The van der Waals surface area contributed by atoms with E-state index in [2.05, 4.69) is 28.5 Å². The van der Waals surface area contributed by atoms with E-state index in [1.807, 2.05) is 26.2 Å². The average molecular weight is 162 g/mol. The van der Waals surface area contributed by atoms with Gasteiger partial charge in [0.25, 0.3) is 0 Å². The molecule has 0 unspecified atom stereocenters. The topological polar surface area (TPSA) is 24.9 Å². The zero-order valence-corrected chi connectivity index (χ0v) is 7.54. The molecule has 64 valence electrons. The number of likely N-dealkylation sites (N-methyl/N-ethyl adjacent to an activating group) is 1. The molecule has 0 aliphatic heterocycles. The Balaban J connectivity index is 2.68. The largest absolute Gasteiger partial charge is 0.316 e. The fraction of sp³-hybridized carbons (Fsp3) is 0.300. The molecule has 0 saturated carbocycles. The molecule has 0 aliphatic carbocycles. The first-order valence-corrected chi connectivity index (χ1v) is 4.07. The van der Waals surface area contributed by atoms with E-state index in [4.69, 9.17) is 0 Å². The van der Waals surface area contributed by atoms with Crippen LogP contribution >= 0.6 is 0 Å². The van der Waals surface area contributed by atoms with Crippen molar-refractivity contribution in [3.05, 3.63) is 35.7 Å². The Kier molecular flexibility index (Phi) is 3.48. The lowest BCUT2D eigenvalue weighted by Crippen LogP contribution is -2.03. The van der Waals surface area contributed by atoms with E-state index < -0.39 is 0 Å². The van der Waals surface area contributed by atoms with Crippen molar-refractivity contribution in [1.29, 1.82) is 0 Å². The van der Waals surface area contributed by atoms with Gasteiger partial charge in [0.1, 0.15) is 0 Å². The highest BCUT2D eigenvalue weighted by atomic mass is 14.8. The standard InChI is InChI=1S/C10H14N2/c1-9-10(5-3-7-11-2)6-4-8-12-9/h3-6,8,11H,7H2,1-2H3. The molecule has 2 heteroatoms. The first-order valence-electron chi connectivity index (χ1n) is 4.07. The minimum Gasteiger partial charge on any atom is -0.316 e. The Bertz CT molecular complexity index is 266. The molecule has 0 atom stereocenters. The van der Waals surface area contributed by atoms with Crippen molar-refractivity contribution in [1.82, 2.24) is 10.3 Å². The molecule has 12 heavy (non-hydrogen) atoms. The van der Waals surface area contributed by atoms with Gasteiger partial charge < -0.3 is 5.32 Å². The van der Waals surface area contributed by atoms with Crippen LogP contribution in [0.2, 0.25) is 0 Å². The van der Waals surface area contributed by atoms with Gasteiger partial charge in [-0.3, -0.25) is 4.98 Å². The highest BCUT2D eigenvalue weighted by Crippen LogP contribution is 2.04. The van der Waals surface area contributed by atoms with Gasteiger partial charge in [-0.2, -0.15) is 0 Å². The smallest absolute Gasteiger partial charge is 0.0444 e. The van der Waals surface area contributed by atoms with Gasteiger partial charge >= 0.3 is 0 Å². The third kappa shape index (κ3) is 2.47. The summed E-state index contributed by atoms with van der Waals surface area (Å²) in [6.07, 6.45) is 5.98. The van der Waals surface area contributed by atoms with Crippen LogP contribution in [0.3, 0.4) is 0 Å². The molecule has 0 aromatic carbocycles. The number of pyridine rings is 1. The Hall–Kier alpha value is -1.15. The fourth-order valence-corrected chi connectivity index (χ4v) is 0.977. The minimum absolute atomic E-state index is 0.897. The van der Waals surface area contributed by atoms with Crippen LogP contribution in [-0.4, -0.2) is 18.6 Å². The van der Waals surface area contributed by atoms with Crippen LogP contribution in [0.5, 0.6) is 0 Å². The van der Waals surface area contributed by atoms with Crippen molar-refractivity contribution < 1.29 is 0 Å². The third-order valence-electron chi connectivity index (χ3n) is 1.67. The highest BCUT2D eigenvalue weighted by molar-refractivity contribution is 5.51. The molecular weight excluding hydrogens is 148 g/mol. The lowest BCUT2D eigenvalue weighted by atomic mass is 10.2. The predicted octanol–water partition coefficient (Wildman–Crippen LogP) is 1.62. The maximum absolute atomic E-state index is 4.19.